The molecule has 102 valence electrons. The second kappa shape index (κ2) is 4.03. The van der Waals surface area contributed by atoms with Crippen LogP contribution in [0.1, 0.15) is 25.3 Å². The van der Waals surface area contributed by atoms with Crippen molar-refractivity contribution in [1.82, 2.24) is 14.1 Å². The quantitative estimate of drug-likeness (QED) is 0.757. The molecule has 0 aromatic carbocycles. The zero-order chi connectivity index (χ0) is 13.8. The molecular formula is C12H12ClF2N3O. The van der Waals surface area contributed by atoms with Crippen molar-refractivity contribution in [2.45, 2.75) is 31.2 Å². The van der Waals surface area contributed by atoms with Gasteiger partial charge >= 0.3 is 5.69 Å². The van der Waals surface area contributed by atoms with E-state index in [1.165, 1.54) is 15.3 Å². The highest BCUT2D eigenvalue weighted by Crippen LogP contribution is 2.42. The normalized spacial score (nSPS) is 22.2. The third-order valence-corrected chi connectivity index (χ3v) is 3.89. The van der Waals surface area contributed by atoms with Gasteiger partial charge < -0.3 is 0 Å². The first kappa shape index (κ1) is 12.6. The summed E-state index contributed by atoms with van der Waals surface area (Å²) in [6.45, 7) is 0. The van der Waals surface area contributed by atoms with Gasteiger partial charge in [-0.2, -0.15) is 0 Å². The molecule has 0 amide bonds. The second-order valence-electron chi connectivity index (χ2n) is 4.96. The van der Waals surface area contributed by atoms with E-state index in [1.807, 2.05) is 0 Å². The lowest BCUT2D eigenvalue weighted by atomic mass is 10.2. The van der Waals surface area contributed by atoms with Crippen LogP contribution in [0, 0.1) is 0 Å². The summed E-state index contributed by atoms with van der Waals surface area (Å²) in [7, 11) is 1.60. The van der Waals surface area contributed by atoms with Crippen LogP contribution in [0.25, 0.3) is 11.0 Å². The Kier molecular flexibility index (Phi) is 2.67. The molecule has 2 aromatic rings. The molecule has 2 heterocycles. The molecule has 0 N–H and O–H groups in total. The highest BCUT2D eigenvalue weighted by Gasteiger charge is 2.41. The SMILES string of the molecule is Cn1c(=O)n(C2CCC(F)(F)C2)c2cc(Cl)ncc21. The minimum Gasteiger partial charge on any atom is -0.293 e. The Labute approximate surface area is 112 Å². The van der Waals surface area contributed by atoms with Crippen molar-refractivity contribution in [1.29, 1.82) is 0 Å². The fraction of sp³-hybridized carbons (Fsp3) is 0.500. The number of rotatable bonds is 1. The Morgan fingerprint density at radius 2 is 2.21 bits per heavy atom. The Morgan fingerprint density at radius 1 is 1.47 bits per heavy atom. The van der Waals surface area contributed by atoms with Crippen molar-refractivity contribution in [3.63, 3.8) is 0 Å². The van der Waals surface area contributed by atoms with Crippen LogP contribution >= 0.6 is 11.6 Å². The molecule has 3 rings (SSSR count). The van der Waals surface area contributed by atoms with Crippen molar-refractivity contribution in [2.75, 3.05) is 0 Å². The molecule has 0 radical (unpaired) electrons. The number of halogens is 3. The lowest BCUT2D eigenvalue weighted by Gasteiger charge is -2.12. The number of aryl methyl sites for hydroxylation is 1. The van der Waals surface area contributed by atoms with Gasteiger partial charge in [-0.25, -0.2) is 18.6 Å². The average molecular weight is 288 g/mol. The molecule has 1 aliphatic rings. The molecule has 1 aliphatic carbocycles. The Balaban J connectivity index is 2.21. The van der Waals surface area contributed by atoms with Crippen LogP contribution in [-0.4, -0.2) is 20.0 Å². The van der Waals surface area contributed by atoms with Crippen LogP contribution in [0.2, 0.25) is 5.15 Å². The fourth-order valence-electron chi connectivity index (χ4n) is 2.73. The molecule has 0 saturated heterocycles. The number of fused-ring (bicyclic) bond motifs is 1. The van der Waals surface area contributed by atoms with Crippen molar-refractivity contribution in [3.8, 4) is 0 Å². The molecule has 0 bridgehead atoms. The summed E-state index contributed by atoms with van der Waals surface area (Å²) in [5.41, 5.74) is 0.863. The van der Waals surface area contributed by atoms with Crippen molar-refractivity contribution in [2.24, 2.45) is 7.05 Å². The first-order valence-electron chi connectivity index (χ1n) is 5.99. The monoisotopic (exact) mass is 287 g/mol. The topological polar surface area (TPSA) is 39.8 Å². The lowest BCUT2D eigenvalue weighted by Crippen LogP contribution is -2.25. The molecule has 7 heteroatoms. The van der Waals surface area contributed by atoms with Crippen LogP contribution in [0.4, 0.5) is 8.78 Å². The highest BCUT2D eigenvalue weighted by atomic mass is 35.5. The van der Waals surface area contributed by atoms with Crippen molar-refractivity contribution >= 4 is 22.6 Å². The van der Waals surface area contributed by atoms with Crippen LogP contribution in [-0.2, 0) is 7.05 Å². The molecular weight excluding hydrogens is 276 g/mol. The van der Waals surface area contributed by atoms with Crippen LogP contribution in [0.5, 0.6) is 0 Å². The van der Waals surface area contributed by atoms with Crippen molar-refractivity contribution < 1.29 is 8.78 Å². The first-order chi connectivity index (χ1) is 8.89. The number of pyridine rings is 1. The molecule has 1 saturated carbocycles. The Morgan fingerprint density at radius 3 is 2.84 bits per heavy atom. The Hall–Kier alpha value is -1.43. The fourth-order valence-corrected chi connectivity index (χ4v) is 2.88. The molecule has 1 fully saturated rings. The number of aromatic nitrogens is 3. The summed E-state index contributed by atoms with van der Waals surface area (Å²) < 4.78 is 29.5. The molecule has 0 aliphatic heterocycles. The zero-order valence-electron chi connectivity index (χ0n) is 10.2. The first-order valence-corrected chi connectivity index (χ1v) is 6.37. The van der Waals surface area contributed by atoms with Gasteiger partial charge in [0.1, 0.15) is 5.15 Å². The molecule has 2 aromatic heterocycles. The van der Waals surface area contributed by atoms with Gasteiger partial charge in [0, 0.05) is 32.0 Å². The summed E-state index contributed by atoms with van der Waals surface area (Å²) in [6, 6.07) is 1.07. The van der Waals surface area contributed by atoms with E-state index in [2.05, 4.69) is 4.98 Å². The van der Waals surface area contributed by atoms with Gasteiger partial charge in [-0.05, 0) is 6.42 Å². The van der Waals surface area contributed by atoms with E-state index >= 15 is 0 Å². The summed E-state index contributed by atoms with van der Waals surface area (Å²) in [6.07, 6.45) is 1.31. The smallest absolute Gasteiger partial charge is 0.293 e. The zero-order valence-corrected chi connectivity index (χ0v) is 11.0. The molecule has 4 nitrogen and oxygen atoms in total. The molecule has 19 heavy (non-hydrogen) atoms. The molecule has 1 unspecified atom stereocenters. The summed E-state index contributed by atoms with van der Waals surface area (Å²) in [4.78, 5) is 16.1. The van der Waals surface area contributed by atoms with Gasteiger partial charge in [0.2, 0.25) is 5.92 Å². The molecule has 1 atom stereocenters. The van der Waals surface area contributed by atoms with Gasteiger partial charge in [0.05, 0.1) is 17.2 Å². The summed E-state index contributed by atoms with van der Waals surface area (Å²) in [5.74, 6) is -2.69. The van der Waals surface area contributed by atoms with E-state index in [0.29, 0.717) is 17.5 Å². The lowest BCUT2D eigenvalue weighted by molar-refractivity contribution is 0.00566. The molecule has 0 spiro atoms. The maximum Gasteiger partial charge on any atom is 0.329 e. The summed E-state index contributed by atoms with van der Waals surface area (Å²) >= 11 is 5.83. The van der Waals surface area contributed by atoms with E-state index in [9.17, 15) is 13.6 Å². The number of hydrogen-bond donors (Lipinski definition) is 0. The minimum absolute atomic E-state index is 0.181. The van der Waals surface area contributed by atoms with E-state index in [0.717, 1.165) is 0 Å². The van der Waals surface area contributed by atoms with E-state index in [-0.39, 0.29) is 23.7 Å². The maximum atomic E-state index is 13.3. The van der Waals surface area contributed by atoms with Crippen LogP contribution < -0.4 is 5.69 Å². The second-order valence-corrected chi connectivity index (χ2v) is 5.35. The van der Waals surface area contributed by atoms with Gasteiger partial charge in [-0.15, -0.1) is 0 Å². The van der Waals surface area contributed by atoms with E-state index in [1.54, 1.807) is 13.1 Å². The Bertz CT molecular complexity index is 707. The van der Waals surface area contributed by atoms with Gasteiger partial charge in [0.15, 0.2) is 0 Å². The third-order valence-electron chi connectivity index (χ3n) is 3.69. The highest BCUT2D eigenvalue weighted by molar-refractivity contribution is 6.29. The summed E-state index contributed by atoms with van der Waals surface area (Å²) in [5, 5.41) is 0.247. The van der Waals surface area contributed by atoms with E-state index in [4.69, 9.17) is 11.6 Å². The van der Waals surface area contributed by atoms with Crippen molar-refractivity contribution in [3.05, 3.63) is 27.9 Å². The van der Waals surface area contributed by atoms with Crippen LogP contribution in [0.3, 0.4) is 0 Å². The largest absolute Gasteiger partial charge is 0.329 e. The maximum absolute atomic E-state index is 13.3. The number of nitrogens with zero attached hydrogens (tertiary/aromatic N) is 3. The van der Waals surface area contributed by atoms with Gasteiger partial charge in [0.25, 0.3) is 0 Å². The van der Waals surface area contributed by atoms with E-state index < -0.39 is 12.0 Å². The predicted octanol–water partition coefficient (Wildman–Crippen LogP) is 2.75. The number of imidazole rings is 1. The third kappa shape index (κ3) is 1.94. The number of alkyl halides is 2. The standard InChI is InChI=1S/C12H12ClF2N3O/c1-17-9-6-16-10(13)4-8(9)18(11(17)19)7-2-3-12(14,15)5-7/h4,6-7H,2-3,5H2,1H3. The predicted molar refractivity (Wildman–Crippen MR) is 67.8 cm³/mol. The average Bonchev–Trinajstić information content (AvgIpc) is 2.79. The van der Waals surface area contributed by atoms with Gasteiger partial charge in [-0.3, -0.25) is 9.13 Å². The van der Waals surface area contributed by atoms with Crippen LogP contribution in [0.15, 0.2) is 17.1 Å². The minimum atomic E-state index is -2.69. The number of hydrogen-bond acceptors (Lipinski definition) is 2. The van der Waals surface area contributed by atoms with Gasteiger partial charge in [-0.1, -0.05) is 11.6 Å².